The van der Waals surface area contributed by atoms with Gasteiger partial charge in [0.2, 0.25) is 5.91 Å². The van der Waals surface area contributed by atoms with Crippen LogP contribution in [0.3, 0.4) is 0 Å². The Hall–Kier alpha value is -1.42. The van der Waals surface area contributed by atoms with Crippen molar-refractivity contribution in [3.05, 3.63) is 29.8 Å². The summed E-state index contributed by atoms with van der Waals surface area (Å²) in [4.78, 5) is 11.7. The smallest absolute Gasteiger partial charge is 0.240 e. The van der Waals surface area contributed by atoms with Crippen LogP contribution >= 0.6 is 8.86 Å². The number of hydrogen-bond donors (Lipinski definition) is 2. The lowest BCUT2D eigenvalue weighted by Gasteiger charge is -2.23. The van der Waals surface area contributed by atoms with Gasteiger partial charge in [-0.2, -0.15) is 0 Å². The quantitative estimate of drug-likeness (QED) is 0.777. The van der Waals surface area contributed by atoms with Gasteiger partial charge in [0.1, 0.15) is 16.9 Å². The maximum Gasteiger partial charge on any atom is 0.240 e. The molecule has 5 nitrogen and oxygen atoms in total. The average Bonchev–Trinajstić information content (AvgIpc) is 2.76. The Bertz CT molecular complexity index is 504. The van der Waals surface area contributed by atoms with Crippen LogP contribution in [0.5, 0.6) is 5.75 Å². The summed E-state index contributed by atoms with van der Waals surface area (Å²) >= 11 is 0. The molecule has 108 valence electrons. The standard InChI is InChI=1S/C14H19N2O3P/c1-14(7-8-15-12(14)17)16-13(20)19-9-10-3-5-11(18-2)6-4-10/h3-6,16,20H,7-9H2,1-2H3,(H,15,17)/t14-/m0/s1. The number of amides is 1. The number of hydrogen-bond acceptors (Lipinski definition) is 3. The first-order valence-corrected chi connectivity index (χ1v) is 6.94. The summed E-state index contributed by atoms with van der Waals surface area (Å²) in [5.74, 6) is 0.797. The van der Waals surface area contributed by atoms with Gasteiger partial charge in [-0.15, -0.1) is 0 Å². The van der Waals surface area contributed by atoms with Gasteiger partial charge in [0, 0.05) is 6.54 Å². The van der Waals surface area contributed by atoms with Crippen molar-refractivity contribution in [1.29, 1.82) is 0 Å². The molecule has 0 saturated carbocycles. The van der Waals surface area contributed by atoms with Gasteiger partial charge in [-0.3, -0.25) is 10.1 Å². The Balaban J connectivity index is 1.84. The van der Waals surface area contributed by atoms with Gasteiger partial charge in [0.25, 0.3) is 0 Å². The molecule has 1 fully saturated rings. The van der Waals surface area contributed by atoms with Crippen LogP contribution in [0.4, 0.5) is 0 Å². The highest BCUT2D eigenvalue weighted by Gasteiger charge is 2.38. The minimum atomic E-state index is -0.614. The molecule has 0 radical (unpaired) electrons. The van der Waals surface area contributed by atoms with Gasteiger partial charge in [0.15, 0.2) is 0 Å². The predicted molar refractivity (Wildman–Crippen MR) is 80.3 cm³/mol. The third-order valence-corrected chi connectivity index (χ3v) is 3.61. The fourth-order valence-electron chi connectivity index (χ4n) is 2.02. The number of nitrogens with one attached hydrogen (secondary N) is 2. The predicted octanol–water partition coefficient (Wildman–Crippen LogP) is 1.31. The molecule has 1 atom stereocenters. The Labute approximate surface area is 120 Å². The molecule has 2 N–H and O–H groups in total. The number of rotatable bonds is 6. The van der Waals surface area contributed by atoms with Crippen molar-refractivity contribution in [2.75, 3.05) is 13.7 Å². The summed E-state index contributed by atoms with van der Waals surface area (Å²) in [6, 6.07) is 7.63. The van der Waals surface area contributed by atoms with Gasteiger partial charge in [-0.25, -0.2) is 0 Å². The molecule has 0 aromatic heterocycles. The van der Waals surface area contributed by atoms with Crippen LogP contribution in [0.2, 0.25) is 0 Å². The zero-order valence-electron chi connectivity index (χ0n) is 11.7. The third-order valence-electron chi connectivity index (χ3n) is 3.34. The number of benzene rings is 1. The maximum absolute atomic E-state index is 11.7. The second-order valence-electron chi connectivity index (χ2n) is 4.93. The molecule has 1 saturated heterocycles. The molecule has 1 amide bonds. The molecule has 1 aliphatic heterocycles. The summed E-state index contributed by atoms with van der Waals surface area (Å²) in [6.07, 6.45) is 0.728. The van der Waals surface area contributed by atoms with Crippen LogP contribution in [0.1, 0.15) is 18.9 Å². The summed E-state index contributed by atoms with van der Waals surface area (Å²) in [7, 11) is 5.00. The maximum atomic E-state index is 11.7. The summed E-state index contributed by atoms with van der Waals surface area (Å²) in [5, 5.41) is 5.87. The normalized spacial score (nSPS) is 21.6. The zero-order chi connectivity index (χ0) is 14.6. The van der Waals surface area contributed by atoms with Gasteiger partial charge < -0.3 is 14.8 Å². The van der Waals surface area contributed by atoms with Crippen molar-refractivity contribution in [1.82, 2.24) is 10.6 Å². The van der Waals surface area contributed by atoms with Crippen LogP contribution in [-0.2, 0) is 16.1 Å². The van der Waals surface area contributed by atoms with Gasteiger partial charge in [-0.05, 0) is 31.0 Å². The lowest BCUT2D eigenvalue weighted by Crippen LogP contribution is -2.51. The molecule has 1 aromatic rings. The lowest BCUT2D eigenvalue weighted by atomic mass is 10.0. The van der Waals surface area contributed by atoms with E-state index in [9.17, 15) is 4.79 Å². The van der Waals surface area contributed by atoms with E-state index in [0.29, 0.717) is 18.8 Å². The Morgan fingerprint density at radius 2 is 2.15 bits per heavy atom. The first-order valence-electron chi connectivity index (χ1n) is 6.44. The Morgan fingerprint density at radius 3 is 2.70 bits per heavy atom. The summed E-state index contributed by atoms with van der Waals surface area (Å²) < 4.78 is 10.7. The van der Waals surface area contributed by atoms with E-state index in [0.717, 1.165) is 17.7 Å². The van der Waals surface area contributed by atoms with Crippen molar-refractivity contribution in [2.24, 2.45) is 0 Å². The molecule has 1 aliphatic rings. The second-order valence-corrected chi connectivity index (χ2v) is 5.38. The van der Waals surface area contributed by atoms with Crippen molar-refractivity contribution in [3.63, 3.8) is 0 Å². The van der Waals surface area contributed by atoms with E-state index in [2.05, 4.69) is 19.5 Å². The highest BCUT2D eigenvalue weighted by molar-refractivity contribution is 7.20. The van der Waals surface area contributed by atoms with E-state index in [4.69, 9.17) is 9.47 Å². The number of ether oxygens (including phenoxy) is 2. The van der Waals surface area contributed by atoms with Crippen molar-refractivity contribution in [2.45, 2.75) is 25.5 Å². The first kappa shape index (κ1) is 15.0. The highest BCUT2D eigenvalue weighted by Crippen LogP contribution is 2.16. The molecule has 2 rings (SSSR count). The molecule has 6 heteroatoms. The second kappa shape index (κ2) is 6.35. The van der Waals surface area contributed by atoms with E-state index in [1.807, 2.05) is 31.2 Å². The minimum Gasteiger partial charge on any atom is -0.497 e. The molecular formula is C14H19N2O3P. The minimum absolute atomic E-state index is 0.0127. The first-order chi connectivity index (χ1) is 9.53. The van der Waals surface area contributed by atoms with E-state index in [1.54, 1.807) is 7.11 Å². The van der Waals surface area contributed by atoms with Crippen LogP contribution < -0.4 is 15.4 Å². The Kier molecular flexibility index (Phi) is 4.76. The van der Waals surface area contributed by atoms with Crippen molar-refractivity contribution >= 4 is 20.4 Å². The average molecular weight is 294 g/mol. The van der Waals surface area contributed by atoms with Crippen LogP contribution in [-0.4, -0.2) is 30.7 Å². The van der Waals surface area contributed by atoms with Gasteiger partial charge in [0.05, 0.1) is 13.7 Å². The molecule has 0 unspecified atom stereocenters. The number of carbonyl (C=O) groups excluding carboxylic acids is 1. The molecular weight excluding hydrogens is 275 g/mol. The molecule has 1 heterocycles. The monoisotopic (exact) mass is 294 g/mol. The highest BCUT2D eigenvalue weighted by atomic mass is 31.0. The molecule has 0 aliphatic carbocycles. The van der Waals surface area contributed by atoms with E-state index in [1.165, 1.54) is 0 Å². The van der Waals surface area contributed by atoms with E-state index >= 15 is 0 Å². The van der Waals surface area contributed by atoms with E-state index in [-0.39, 0.29) is 5.91 Å². The topological polar surface area (TPSA) is 59.6 Å². The number of methoxy groups -OCH3 is 1. The fraction of sp³-hybridized carbons (Fsp3) is 0.429. The summed E-state index contributed by atoms with van der Waals surface area (Å²) in [6.45, 7) is 2.94. The number of carbonyl (C=O) groups is 1. The SMILES string of the molecule is COc1ccc(COC(=P)N[C@@]2(C)CCNC2=O)cc1. The molecule has 1 aromatic carbocycles. The fourth-order valence-corrected chi connectivity index (χ4v) is 2.37. The summed E-state index contributed by atoms with van der Waals surface area (Å²) in [5.41, 5.74) is 0.863. The lowest BCUT2D eigenvalue weighted by molar-refractivity contribution is -0.123. The van der Waals surface area contributed by atoms with Crippen LogP contribution in [0.15, 0.2) is 24.3 Å². The molecule has 0 spiro atoms. The Morgan fingerprint density at radius 1 is 1.45 bits per heavy atom. The van der Waals surface area contributed by atoms with Crippen LogP contribution in [0, 0.1) is 0 Å². The molecule has 20 heavy (non-hydrogen) atoms. The van der Waals surface area contributed by atoms with Gasteiger partial charge in [-0.1, -0.05) is 21.0 Å². The van der Waals surface area contributed by atoms with Crippen molar-refractivity contribution in [3.8, 4) is 5.75 Å². The molecule has 0 bridgehead atoms. The van der Waals surface area contributed by atoms with E-state index < -0.39 is 5.54 Å². The van der Waals surface area contributed by atoms with Crippen LogP contribution in [0.25, 0.3) is 0 Å². The largest absolute Gasteiger partial charge is 0.497 e. The zero-order valence-corrected chi connectivity index (χ0v) is 12.7. The van der Waals surface area contributed by atoms with Gasteiger partial charge >= 0.3 is 0 Å². The van der Waals surface area contributed by atoms with Crippen molar-refractivity contribution < 1.29 is 14.3 Å². The third kappa shape index (κ3) is 3.57.